The topological polar surface area (TPSA) is 74.0 Å². The predicted molar refractivity (Wildman–Crippen MR) is 116 cm³/mol. The van der Waals surface area contributed by atoms with Crippen molar-refractivity contribution in [1.82, 2.24) is 24.9 Å². The number of rotatable bonds is 8. The smallest absolute Gasteiger partial charge is 0.271 e. The lowest BCUT2D eigenvalue weighted by Gasteiger charge is -2.08. The zero-order valence-electron chi connectivity index (χ0n) is 16.0. The number of hydrogen-bond acceptors (Lipinski definition) is 4. The summed E-state index contributed by atoms with van der Waals surface area (Å²) in [7, 11) is 0. The number of aryl methyl sites for hydroxylation is 2. The molecular formula is C19H20BrCl2N5O2. The van der Waals surface area contributed by atoms with Gasteiger partial charge in [-0.3, -0.25) is 9.48 Å². The number of nitrogens with zero attached hydrogens (tertiary/aromatic N) is 4. The molecule has 154 valence electrons. The van der Waals surface area contributed by atoms with Crippen LogP contribution in [0.3, 0.4) is 0 Å². The predicted octanol–water partition coefficient (Wildman–Crippen LogP) is 4.62. The molecule has 0 aliphatic heterocycles. The molecule has 7 nitrogen and oxygen atoms in total. The quantitative estimate of drug-likeness (QED) is 0.458. The van der Waals surface area contributed by atoms with E-state index >= 15 is 0 Å². The molecule has 1 aromatic carbocycles. The molecule has 2 aromatic heterocycles. The van der Waals surface area contributed by atoms with Crippen molar-refractivity contribution in [3.05, 3.63) is 62.1 Å². The fourth-order valence-electron chi connectivity index (χ4n) is 2.70. The Hall–Kier alpha value is -2.03. The standard InChI is InChI=1S/C19H20BrCl2N5O2/c1-12-18(22)13(2)27(24-12)8-3-7-23-19(28)16-6-9-26(25-16)11-29-17-5-4-14(20)10-15(17)21/h4-6,9-10H,3,7-8,11H2,1-2H3,(H,23,28). The lowest BCUT2D eigenvalue weighted by atomic mass is 10.3. The first kappa shape index (κ1) is 21.7. The van der Waals surface area contributed by atoms with Crippen LogP contribution in [-0.4, -0.2) is 32.0 Å². The van der Waals surface area contributed by atoms with Crippen LogP contribution in [0.1, 0.15) is 28.3 Å². The molecule has 29 heavy (non-hydrogen) atoms. The highest BCUT2D eigenvalue weighted by Crippen LogP contribution is 2.27. The minimum Gasteiger partial charge on any atom is -0.470 e. The lowest BCUT2D eigenvalue weighted by molar-refractivity contribution is 0.0945. The van der Waals surface area contributed by atoms with Gasteiger partial charge in [0.25, 0.3) is 5.91 Å². The first-order chi connectivity index (χ1) is 13.8. The maximum absolute atomic E-state index is 12.3. The number of nitrogens with one attached hydrogen (secondary N) is 1. The van der Waals surface area contributed by atoms with Gasteiger partial charge in [0.2, 0.25) is 0 Å². The molecule has 0 aliphatic rings. The molecule has 0 radical (unpaired) electrons. The van der Waals surface area contributed by atoms with Gasteiger partial charge in [-0.1, -0.05) is 39.1 Å². The van der Waals surface area contributed by atoms with Crippen LogP contribution in [0.15, 0.2) is 34.9 Å². The SMILES string of the molecule is Cc1nn(CCCNC(=O)c2ccn(COc3ccc(Br)cc3Cl)n2)c(C)c1Cl. The van der Waals surface area contributed by atoms with Crippen molar-refractivity contribution in [3.8, 4) is 5.75 Å². The Labute approximate surface area is 187 Å². The summed E-state index contributed by atoms with van der Waals surface area (Å²) >= 11 is 15.6. The van der Waals surface area contributed by atoms with Crippen LogP contribution in [0.2, 0.25) is 10.0 Å². The van der Waals surface area contributed by atoms with Gasteiger partial charge in [-0.15, -0.1) is 0 Å². The van der Waals surface area contributed by atoms with Gasteiger partial charge in [-0.25, -0.2) is 4.68 Å². The monoisotopic (exact) mass is 499 g/mol. The minimum atomic E-state index is -0.239. The van der Waals surface area contributed by atoms with Gasteiger partial charge in [0.15, 0.2) is 6.73 Å². The maximum Gasteiger partial charge on any atom is 0.271 e. The molecule has 0 atom stereocenters. The van der Waals surface area contributed by atoms with Gasteiger partial charge in [0.05, 0.1) is 21.4 Å². The minimum absolute atomic E-state index is 0.146. The summed E-state index contributed by atoms with van der Waals surface area (Å²) in [6.45, 7) is 5.13. The average molecular weight is 501 g/mol. The van der Waals surface area contributed by atoms with Crippen molar-refractivity contribution >= 4 is 45.0 Å². The molecule has 1 amide bonds. The molecule has 0 spiro atoms. The largest absolute Gasteiger partial charge is 0.470 e. The van der Waals surface area contributed by atoms with Crippen molar-refractivity contribution in [1.29, 1.82) is 0 Å². The number of carbonyl (C=O) groups is 1. The van der Waals surface area contributed by atoms with Crippen molar-refractivity contribution in [2.24, 2.45) is 0 Å². The van der Waals surface area contributed by atoms with E-state index in [9.17, 15) is 4.79 Å². The second kappa shape index (κ2) is 9.65. The third-order valence-electron chi connectivity index (χ3n) is 4.24. The summed E-state index contributed by atoms with van der Waals surface area (Å²) in [5.74, 6) is 0.303. The summed E-state index contributed by atoms with van der Waals surface area (Å²) in [5, 5.41) is 12.6. The molecule has 0 fully saturated rings. The van der Waals surface area contributed by atoms with Crippen LogP contribution in [0.5, 0.6) is 5.75 Å². The fourth-order valence-corrected chi connectivity index (χ4v) is 3.56. The van der Waals surface area contributed by atoms with Crippen molar-refractivity contribution in [3.63, 3.8) is 0 Å². The van der Waals surface area contributed by atoms with Gasteiger partial charge < -0.3 is 10.1 Å². The highest BCUT2D eigenvalue weighted by atomic mass is 79.9. The van der Waals surface area contributed by atoms with E-state index in [1.165, 1.54) is 4.68 Å². The Bertz CT molecular complexity index is 1020. The molecule has 0 saturated heterocycles. The van der Waals surface area contributed by atoms with Crippen LogP contribution in [0.4, 0.5) is 0 Å². The van der Waals surface area contributed by atoms with E-state index in [0.29, 0.717) is 34.6 Å². The van der Waals surface area contributed by atoms with Crippen molar-refractivity contribution < 1.29 is 9.53 Å². The van der Waals surface area contributed by atoms with E-state index in [1.807, 2.05) is 24.6 Å². The first-order valence-corrected chi connectivity index (χ1v) is 10.5. The van der Waals surface area contributed by atoms with Gasteiger partial charge in [0, 0.05) is 23.8 Å². The number of ether oxygens (including phenoxy) is 1. The Kier molecular flexibility index (Phi) is 7.21. The number of benzene rings is 1. The van der Waals surface area contributed by atoms with E-state index in [2.05, 4.69) is 31.4 Å². The van der Waals surface area contributed by atoms with E-state index in [4.69, 9.17) is 27.9 Å². The Morgan fingerprint density at radius 1 is 1.24 bits per heavy atom. The second-order valence-electron chi connectivity index (χ2n) is 6.41. The average Bonchev–Trinajstić information content (AvgIpc) is 3.25. The first-order valence-electron chi connectivity index (χ1n) is 8.94. The lowest BCUT2D eigenvalue weighted by Crippen LogP contribution is -2.26. The molecule has 0 unspecified atom stereocenters. The van der Waals surface area contributed by atoms with Crippen LogP contribution in [-0.2, 0) is 13.3 Å². The molecule has 0 saturated carbocycles. The van der Waals surface area contributed by atoms with Crippen LogP contribution >= 0.6 is 39.1 Å². The zero-order valence-corrected chi connectivity index (χ0v) is 19.1. The number of carbonyl (C=O) groups excluding carboxylic acids is 1. The normalized spacial score (nSPS) is 10.9. The summed E-state index contributed by atoms with van der Waals surface area (Å²) in [4.78, 5) is 12.3. The number of aromatic nitrogens is 4. The fraction of sp³-hybridized carbons (Fsp3) is 0.316. The third-order valence-corrected chi connectivity index (χ3v) is 5.58. The molecule has 3 aromatic rings. The van der Waals surface area contributed by atoms with Crippen molar-refractivity contribution in [2.75, 3.05) is 6.54 Å². The Morgan fingerprint density at radius 2 is 2.03 bits per heavy atom. The molecule has 3 rings (SSSR count). The Morgan fingerprint density at radius 3 is 2.72 bits per heavy atom. The number of hydrogen-bond donors (Lipinski definition) is 1. The summed E-state index contributed by atoms with van der Waals surface area (Å²) in [6.07, 6.45) is 2.41. The van der Waals surface area contributed by atoms with E-state index in [0.717, 1.165) is 22.3 Å². The highest BCUT2D eigenvalue weighted by molar-refractivity contribution is 9.10. The summed E-state index contributed by atoms with van der Waals surface area (Å²) in [6, 6.07) is 6.99. The van der Waals surface area contributed by atoms with Crippen LogP contribution in [0, 0.1) is 13.8 Å². The second-order valence-corrected chi connectivity index (χ2v) is 8.11. The van der Waals surface area contributed by atoms with Gasteiger partial charge in [-0.05, 0) is 44.5 Å². The van der Waals surface area contributed by atoms with Crippen LogP contribution in [0.25, 0.3) is 0 Å². The van der Waals surface area contributed by atoms with Crippen LogP contribution < -0.4 is 10.1 Å². The molecule has 2 heterocycles. The van der Waals surface area contributed by atoms with E-state index < -0.39 is 0 Å². The van der Waals surface area contributed by atoms with Crippen molar-refractivity contribution in [2.45, 2.75) is 33.5 Å². The number of halogens is 3. The molecular weight excluding hydrogens is 481 g/mol. The molecule has 0 bridgehead atoms. The van der Waals surface area contributed by atoms with Gasteiger partial charge in [0.1, 0.15) is 11.4 Å². The molecule has 0 aliphatic carbocycles. The Balaban J connectivity index is 1.45. The number of amides is 1. The molecule has 10 heteroatoms. The summed E-state index contributed by atoms with van der Waals surface area (Å²) in [5.41, 5.74) is 2.06. The zero-order chi connectivity index (χ0) is 21.0. The van der Waals surface area contributed by atoms with E-state index in [1.54, 1.807) is 24.4 Å². The van der Waals surface area contributed by atoms with Gasteiger partial charge >= 0.3 is 0 Å². The third kappa shape index (κ3) is 5.52. The summed E-state index contributed by atoms with van der Waals surface area (Å²) < 4.78 is 9.89. The van der Waals surface area contributed by atoms with Gasteiger partial charge in [-0.2, -0.15) is 10.2 Å². The van der Waals surface area contributed by atoms with E-state index in [-0.39, 0.29) is 12.6 Å². The molecule has 1 N–H and O–H groups in total. The maximum atomic E-state index is 12.3. The highest BCUT2D eigenvalue weighted by Gasteiger charge is 2.11.